The van der Waals surface area contributed by atoms with Crippen LogP contribution in [0.4, 0.5) is 5.82 Å². The van der Waals surface area contributed by atoms with Crippen LogP contribution in [0.25, 0.3) is 27.6 Å². The van der Waals surface area contributed by atoms with E-state index in [0.717, 1.165) is 15.9 Å². The van der Waals surface area contributed by atoms with E-state index in [2.05, 4.69) is 25.4 Å². The van der Waals surface area contributed by atoms with Crippen molar-refractivity contribution in [3.05, 3.63) is 76.3 Å². The minimum atomic E-state index is -0.294. The van der Waals surface area contributed by atoms with Crippen LogP contribution >= 0.6 is 11.3 Å². The van der Waals surface area contributed by atoms with Gasteiger partial charge in [-0.3, -0.25) is 14.6 Å². The second-order valence-corrected chi connectivity index (χ2v) is 7.87. The van der Waals surface area contributed by atoms with E-state index in [1.165, 1.54) is 22.1 Å². The van der Waals surface area contributed by atoms with E-state index in [1.807, 2.05) is 41.8 Å². The molecule has 0 spiro atoms. The van der Waals surface area contributed by atoms with Crippen molar-refractivity contribution < 1.29 is 4.79 Å². The predicted molar refractivity (Wildman–Crippen MR) is 118 cm³/mol. The quantitative estimate of drug-likeness (QED) is 0.444. The molecule has 0 aliphatic heterocycles. The Morgan fingerprint density at radius 1 is 1.19 bits per heavy atom. The molecule has 0 aliphatic carbocycles. The number of fused-ring (bicyclic) bond motifs is 1. The smallest absolute Gasteiger partial charge is 0.252 e. The third kappa shape index (κ3) is 3.76. The number of aryl methyl sites for hydroxylation is 1. The number of benzene rings is 1. The van der Waals surface area contributed by atoms with Gasteiger partial charge >= 0.3 is 0 Å². The van der Waals surface area contributed by atoms with E-state index in [1.54, 1.807) is 23.9 Å². The zero-order chi connectivity index (χ0) is 21.4. The molecule has 1 aromatic carbocycles. The van der Waals surface area contributed by atoms with Crippen LogP contribution in [0.5, 0.6) is 0 Å². The Morgan fingerprint density at radius 3 is 2.87 bits per heavy atom. The Balaban J connectivity index is 1.50. The van der Waals surface area contributed by atoms with Crippen molar-refractivity contribution in [3.63, 3.8) is 0 Å². The molecular weight excluding hydrogens is 414 g/mol. The maximum atomic E-state index is 12.8. The van der Waals surface area contributed by atoms with Crippen molar-refractivity contribution in [2.24, 2.45) is 0 Å². The van der Waals surface area contributed by atoms with Crippen LogP contribution in [0, 0.1) is 6.92 Å². The summed E-state index contributed by atoms with van der Waals surface area (Å²) >= 11 is 1.53. The fraction of sp³-hybridized carbons (Fsp3) is 0.0952. The zero-order valence-corrected chi connectivity index (χ0v) is 17.3. The summed E-state index contributed by atoms with van der Waals surface area (Å²) in [7, 11) is 0. The maximum absolute atomic E-state index is 12.8. The number of rotatable bonds is 5. The molecule has 10 heteroatoms. The number of hydrogen-bond acceptors (Lipinski definition) is 6. The van der Waals surface area contributed by atoms with E-state index < -0.39 is 0 Å². The van der Waals surface area contributed by atoms with Crippen LogP contribution < -0.4 is 10.9 Å². The fourth-order valence-electron chi connectivity index (χ4n) is 3.31. The Morgan fingerprint density at radius 2 is 2.06 bits per heavy atom. The SMILES string of the molecule is Cc1cc(=O)[nH]c(-n2nc(-c3cccs3)cc2NC(=O)Cn2cnc3ccccc32)n1. The third-order valence-corrected chi connectivity index (χ3v) is 5.54. The van der Waals surface area contributed by atoms with Gasteiger partial charge in [0.1, 0.15) is 18.1 Å². The van der Waals surface area contributed by atoms with Gasteiger partial charge in [0.15, 0.2) is 0 Å². The van der Waals surface area contributed by atoms with Gasteiger partial charge in [-0.05, 0) is 30.5 Å². The highest BCUT2D eigenvalue weighted by molar-refractivity contribution is 7.13. The van der Waals surface area contributed by atoms with Gasteiger partial charge in [0.05, 0.1) is 22.2 Å². The summed E-state index contributed by atoms with van der Waals surface area (Å²) in [6, 6.07) is 14.6. The number of carbonyl (C=O) groups is 1. The first-order chi connectivity index (χ1) is 15.1. The van der Waals surface area contributed by atoms with E-state index >= 15 is 0 Å². The summed E-state index contributed by atoms with van der Waals surface area (Å²) in [6.45, 7) is 1.81. The van der Waals surface area contributed by atoms with Gasteiger partial charge in [-0.25, -0.2) is 9.97 Å². The van der Waals surface area contributed by atoms with Gasteiger partial charge in [0, 0.05) is 17.8 Å². The summed E-state index contributed by atoms with van der Waals surface area (Å²) in [5.41, 5.74) is 2.62. The number of hydrogen-bond donors (Lipinski definition) is 2. The molecule has 5 rings (SSSR count). The van der Waals surface area contributed by atoms with Gasteiger partial charge in [-0.1, -0.05) is 18.2 Å². The lowest BCUT2D eigenvalue weighted by Gasteiger charge is -2.09. The predicted octanol–water partition coefficient (Wildman–Crippen LogP) is 2.98. The van der Waals surface area contributed by atoms with Crippen molar-refractivity contribution in [3.8, 4) is 16.5 Å². The number of H-pyrrole nitrogens is 1. The van der Waals surface area contributed by atoms with Crippen molar-refractivity contribution in [2.75, 3.05) is 5.32 Å². The third-order valence-electron chi connectivity index (χ3n) is 4.65. The van der Waals surface area contributed by atoms with Crippen LogP contribution in [0.3, 0.4) is 0 Å². The molecule has 5 aromatic rings. The number of thiophene rings is 1. The van der Waals surface area contributed by atoms with E-state index in [9.17, 15) is 9.59 Å². The van der Waals surface area contributed by atoms with Crippen LogP contribution in [0.2, 0.25) is 0 Å². The number of nitrogens with one attached hydrogen (secondary N) is 2. The molecule has 31 heavy (non-hydrogen) atoms. The van der Waals surface area contributed by atoms with Crippen LogP contribution in [-0.4, -0.2) is 35.2 Å². The number of nitrogens with zero attached hydrogens (tertiary/aromatic N) is 5. The van der Waals surface area contributed by atoms with E-state index in [-0.39, 0.29) is 24.0 Å². The molecule has 0 bridgehead atoms. The van der Waals surface area contributed by atoms with Crippen LogP contribution in [0.1, 0.15) is 5.69 Å². The average Bonchev–Trinajstić information content (AvgIpc) is 3.47. The number of anilines is 1. The number of imidazole rings is 1. The second kappa shape index (κ2) is 7.65. The first kappa shape index (κ1) is 18.9. The Kier molecular flexibility index (Phi) is 4.68. The van der Waals surface area contributed by atoms with Crippen molar-refractivity contribution >= 4 is 34.1 Å². The minimum Gasteiger partial charge on any atom is -0.321 e. The van der Waals surface area contributed by atoms with Gasteiger partial charge in [-0.15, -0.1) is 11.3 Å². The summed E-state index contributed by atoms with van der Waals surface area (Å²) in [5.74, 6) is 0.389. The molecule has 2 N–H and O–H groups in total. The standard InChI is InChI=1S/C21H17N7O2S/c1-13-9-19(29)25-21(23-13)28-18(10-15(26-28)17-7-4-8-31-17)24-20(30)11-27-12-22-14-5-2-3-6-16(14)27/h2-10,12H,11H2,1H3,(H,24,30)(H,23,25,29). The highest BCUT2D eigenvalue weighted by Gasteiger charge is 2.17. The van der Waals surface area contributed by atoms with Crippen molar-refractivity contribution in [1.82, 2.24) is 29.3 Å². The lowest BCUT2D eigenvalue weighted by atomic mass is 10.3. The number of para-hydroxylation sites is 2. The lowest BCUT2D eigenvalue weighted by Crippen LogP contribution is -2.21. The highest BCUT2D eigenvalue weighted by Crippen LogP contribution is 2.27. The van der Waals surface area contributed by atoms with Gasteiger partial charge in [0.25, 0.3) is 5.56 Å². The van der Waals surface area contributed by atoms with Gasteiger partial charge in [-0.2, -0.15) is 9.78 Å². The van der Waals surface area contributed by atoms with Crippen LogP contribution in [0.15, 0.2) is 65.0 Å². The van der Waals surface area contributed by atoms with Crippen LogP contribution in [-0.2, 0) is 11.3 Å². The maximum Gasteiger partial charge on any atom is 0.252 e. The molecule has 0 saturated heterocycles. The minimum absolute atomic E-state index is 0.0811. The topological polar surface area (TPSA) is 110 Å². The molecule has 4 heterocycles. The number of aromatic nitrogens is 6. The molecule has 0 atom stereocenters. The van der Waals surface area contributed by atoms with Gasteiger partial charge in [0.2, 0.25) is 11.9 Å². The molecule has 0 unspecified atom stereocenters. The normalized spacial score (nSPS) is 11.1. The summed E-state index contributed by atoms with van der Waals surface area (Å²) in [6.07, 6.45) is 1.64. The van der Waals surface area contributed by atoms with Crippen molar-refractivity contribution in [2.45, 2.75) is 13.5 Å². The molecular formula is C21H17N7O2S. The molecule has 0 fully saturated rings. The Labute approximate surface area is 180 Å². The summed E-state index contributed by atoms with van der Waals surface area (Å²) < 4.78 is 3.21. The second-order valence-electron chi connectivity index (χ2n) is 6.92. The largest absolute Gasteiger partial charge is 0.321 e. The number of aromatic amines is 1. The molecule has 0 aliphatic rings. The molecule has 0 saturated carbocycles. The molecule has 154 valence electrons. The average molecular weight is 431 g/mol. The van der Waals surface area contributed by atoms with Crippen molar-refractivity contribution in [1.29, 1.82) is 0 Å². The fourth-order valence-corrected chi connectivity index (χ4v) is 3.99. The van der Waals surface area contributed by atoms with E-state index in [4.69, 9.17) is 0 Å². The van der Waals surface area contributed by atoms with Gasteiger partial charge < -0.3 is 9.88 Å². The summed E-state index contributed by atoms with van der Waals surface area (Å²) in [5, 5.41) is 9.40. The molecule has 1 amide bonds. The molecule has 0 radical (unpaired) electrons. The number of amides is 1. The molecule has 4 aromatic heterocycles. The van der Waals surface area contributed by atoms with E-state index in [0.29, 0.717) is 17.2 Å². The first-order valence-corrected chi connectivity index (χ1v) is 10.4. The first-order valence-electron chi connectivity index (χ1n) is 9.49. The zero-order valence-electron chi connectivity index (χ0n) is 16.4. The summed E-state index contributed by atoms with van der Waals surface area (Å²) in [4.78, 5) is 37.1. The highest BCUT2D eigenvalue weighted by atomic mass is 32.1. The monoisotopic (exact) mass is 431 g/mol. The number of carbonyl (C=O) groups excluding carboxylic acids is 1. The molecule has 9 nitrogen and oxygen atoms in total. The Hall–Kier alpha value is -4.05. The Bertz CT molecular complexity index is 1450. The lowest BCUT2D eigenvalue weighted by molar-refractivity contribution is -0.116.